The minimum atomic E-state index is -0.505. The summed E-state index contributed by atoms with van der Waals surface area (Å²) in [5.41, 5.74) is 6.56. The molecule has 1 fully saturated rings. The molecular weight excluding hydrogens is 378 g/mol. The summed E-state index contributed by atoms with van der Waals surface area (Å²) in [5, 5.41) is 11.3. The van der Waals surface area contributed by atoms with E-state index >= 15 is 0 Å². The number of carbonyl (C=O) groups is 2. The maximum atomic E-state index is 13.1. The smallest absolute Gasteiger partial charge is 0.283 e. The molecule has 1 unspecified atom stereocenters. The first-order chi connectivity index (χ1) is 13.4. The fourth-order valence-corrected chi connectivity index (χ4v) is 3.91. The summed E-state index contributed by atoms with van der Waals surface area (Å²) < 4.78 is 0. The Morgan fingerprint density at radius 2 is 1.93 bits per heavy atom. The first kappa shape index (κ1) is 20.0. The van der Waals surface area contributed by atoms with Crippen LogP contribution in [0.2, 0.25) is 0 Å². The number of nitro benzene ring substituents is 1. The second-order valence-corrected chi connectivity index (χ2v) is 7.52. The number of rotatable bonds is 5. The van der Waals surface area contributed by atoms with E-state index in [1.54, 1.807) is 47.6 Å². The van der Waals surface area contributed by atoms with Gasteiger partial charge in [0.25, 0.3) is 11.6 Å². The third kappa shape index (κ3) is 4.07. The quantitative estimate of drug-likeness (QED) is 0.358. The van der Waals surface area contributed by atoms with Gasteiger partial charge in [-0.25, -0.2) is 0 Å². The number of benzene rings is 2. The second kappa shape index (κ2) is 8.53. The Morgan fingerprint density at radius 1 is 1.21 bits per heavy atom. The van der Waals surface area contributed by atoms with Crippen LogP contribution in [0.25, 0.3) is 0 Å². The average Bonchev–Trinajstić information content (AvgIpc) is 2.72. The number of hydrogen-bond donors (Lipinski definition) is 1. The first-order valence-electron chi connectivity index (χ1n) is 8.93. The summed E-state index contributed by atoms with van der Waals surface area (Å²) in [4.78, 5) is 39.0. The van der Waals surface area contributed by atoms with Crippen molar-refractivity contribution in [3.8, 4) is 0 Å². The van der Waals surface area contributed by atoms with Gasteiger partial charge in [-0.2, -0.15) is 0 Å². The van der Waals surface area contributed by atoms with Gasteiger partial charge in [0.2, 0.25) is 0 Å². The molecule has 3 rings (SSSR count). The number of nitro groups is 1. The molecule has 1 heterocycles. The van der Waals surface area contributed by atoms with Crippen molar-refractivity contribution in [2.75, 3.05) is 19.3 Å². The average molecular weight is 399 g/mol. The van der Waals surface area contributed by atoms with Crippen LogP contribution in [-0.4, -0.2) is 46.9 Å². The zero-order chi connectivity index (χ0) is 20.3. The Morgan fingerprint density at radius 3 is 2.57 bits per heavy atom. The number of thioether (sulfide) groups is 1. The van der Waals surface area contributed by atoms with Crippen LogP contribution >= 0.6 is 11.8 Å². The predicted molar refractivity (Wildman–Crippen MR) is 108 cm³/mol. The first-order valence-corrected chi connectivity index (χ1v) is 10.2. The highest BCUT2D eigenvalue weighted by molar-refractivity contribution is 7.98. The van der Waals surface area contributed by atoms with Gasteiger partial charge in [-0.3, -0.25) is 19.7 Å². The van der Waals surface area contributed by atoms with Gasteiger partial charge in [0, 0.05) is 36.3 Å². The van der Waals surface area contributed by atoms with Crippen LogP contribution in [0.15, 0.2) is 47.4 Å². The lowest BCUT2D eigenvalue weighted by Crippen LogP contribution is -2.46. The van der Waals surface area contributed by atoms with Crippen molar-refractivity contribution in [1.29, 1.82) is 0 Å². The molecule has 1 saturated heterocycles. The maximum Gasteiger partial charge on any atom is 0.283 e. The van der Waals surface area contributed by atoms with Crippen LogP contribution in [0, 0.1) is 10.1 Å². The molecule has 0 aromatic heterocycles. The molecule has 0 saturated carbocycles. The second-order valence-electron chi connectivity index (χ2n) is 6.67. The fraction of sp³-hybridized carbons (Fsp3) is 0.300. The van der Waals surface area contributed by atoms with Crippen LogP contribution in [0.5, 0.6) is 0 Å². The molecule has 0 spiro atoms. The highest BCUT2D eigenvalue weighted by Gasteiger charge is 2.26. The highest BCUT2D eigenvalue weighted by Crippen LogP contribution is 2.29. The van der Waals surface area contributed by atoms with Crippen molar-refractivity contribution in [1.82, 2.24) is 4.90 Å². The summed E-state index contributed by atoms with van der Waals surface area (Å²) in [6, 6.07) is 10.9. The van der Waals surface area contributed by atoms with Gasteiger partial charge in [-0.05, 0) is 37.3 Å². The zero-order valence-corrected chi connectivity index (χ0v) is 16.3. The van der Waals surface area contributed by atoms with E-state index in [2.05, 4.69) is 0 Å². The summed E-state index contributed by atoms with van der Waals surface area (Å²) in [7, 11) is 0. The van der Waals surface area contributed by atoms with E-state index in [-0.39, 0.29) is 34.3 Å². The van der Waals surface area contributed by atoms with E-state index < -0.39 is 10.7 Å². The molecule has 2 N–H and O–H groups in total. The lowest BCUT2D eigenvalue weighted by molar-refractivity contribution is -0.387. The van der Waals surface area contributed by atoms with Gasteiger partial charge < -0.3 is 10.6 Å². The molecule has 0 radical (unpaired) electrons. The summed E-state index contributed by atoms with van der Waals surface area (Å²) in [6.45, 7) is 1.05. The Bertz CT molecular complexity index is 931. The Balaban J connectivity index is 1.96. The highest BCUT2D eigenvalue weighted by atomic mass is 32.2. The number of amides is 1. The van der Waals surface area contributed by atoms with Crippen LogP contribution in [0.3, 0.4) is 0 Å². The number of piperidine rings is 1. The van der Waals surface area contributed by atoms with Crippen LogP contribution in [-0.2, 0) is 0 Å². The number of likely N-dealkylation sites (tertiary alicyclic amines) is 1. The molecule has 0 aliphatic carbocycles. The SMILES string of the molecule is CSc1ccc(C(=O)c2ccccc2C(=O)N2CCCC(N)C2)cc1[N+](=O)[O-]. The molecular formula is C20H21N3O4S. The van der Waals surface area contributed by atoms with E-state index in [1.807, 2.05) is 0 Å². The van der Waals surface area contributed by atoms with Crippen LogP contribution in [0.4, 0.5) is 5.69 Å². The molecule has 7 nitrogen and oxygen atoms in total. The van der Waals surface area contributed by atoms with Crippen molar-refractivity contribution in [2.45, 2.75) is 23.8 Å². The van der Waals surface area contributed by atoms with Crippen LogP contribution in [0.1, 0.15) is 39.1 Å². The standard InChI is InChI=1S/C20H21N3O4S/c1-28-18-9-8-13(11-17(18)23(26)27)19(24)15-6-2-3-7-16(15)20(25)22-10-4-5-14(21)12-22/h2-3,6-9,11,14H,4-5,10,12,21H2,1H3. The van der Waals surface area contributed by atoms with E-state index in [1.165, 1.54) is 17.8 Å². The zero-order valence-electron chi connectivity index (χ0n) is 15.5. The van der Waals surface area contributed by atoms with E-state index in [0.29, 0.717) is 18.0 Å². The maximum absolute atomic E-state index is 13.1. The molecule has 1 aliphatic rings. The topological polar surface area (TPSA) is 107 Å². The number of ketones is 1. The van der Waals surface area contributed by atoms with Gasteiger partial charge in [0.1, 0.15) is 0 Å². The molecule has 1 aliphatic heterocycles. The number of nitrogens with two attached hydrogens (primary N) is 1. The minimum Gasteiger partial charge on any atom is -0.337 e. The van der Waals surface area contributed by atoms with Crippen molar-refractivity contribution in [2.24, 2.45) is 5.73 Å². The van der Waals surface area contributed by atoms with Gasteiger partial charge in [-0.15, -0.1) is 11.8 Å². The lowest BCUT2D eigenvalue weighted by atomic mass is 9.96. The van der Waals surface area contributed by atoms with Crippen LogP contribution < -0.4 is 5.73 Å². The summed E-state index contributed by atoms with van der Waals surface area (Å²) >= 11 is 1.24. The molecule has 1 amide bonds. The molecule has 2 aromatic rings. The molecule has 146 valence electrons. The number of carbonyl (C=O) groups excluding carboxylic acids is 2. The fourth-order valence-electron chi connectivity index (χ4n) is 3.36. The van der Waals surface area contributed by atoms with Gasteiger partial charge in [0.15, 0.2) is 5.78 Å². The molecule has 28 heavy (non-hydrogen) atoms. The lowest BCUT2D eigenvalue weighted by Gasteiger charge is -2.31. The number of nitrogens with zero attached hydrogens (tertiary/aromatic N) is 2. The molecule has 2 aromatic carbocycles. The minimum absolute atomic E-state index is 0.0673. The monoisotopic (exact) mass is 399 g/mol. The van der Waals surface area contributed by atoms with Crippen molar-refractivity contribution in [3.05, 3.63) is 69.3 Å². The summed E-state index contributed by atoms with van der Waals surface area (Å²) in [6.07, 6.45) is 3.43. The Kier molecular flexibility index (Phi) is 6.11. The van der Waals surface area contributed by atoms with Crippen molar-refractivity contribution >= 4 is 29.1 Å². The molecule has 1 atom stereocenters. The van der Waals surface area contributed by atoms with E-state index in [9.17, 15) is 19.7 Å². The third-order valence-corrected chi connectivity index (χ3v) is 5.57. The van der Waals surface area contributed by atoms with E-state index in [0.717, 1.165) is 12.8 Å². The Labute approximate surface area is 167 Å². The molecule has 0 bridgehead atoms. The van der Waals surface area contributed by atoms with Crippen molar-refractivity contribution < 1.29 is 14.5 Å². The predicted octanol–water partition coefficient (Wildman–Crippen LogP) is 3.11. The van der Waals surface area contributed by atoms with E-state index in [4.69, 9.17) is 5.73 Å². The largest absolute Gasteiger partial charge is 0.337 e. The third-order valence-electron chi connectivity index (χ3n) is 4.78. The van der Waals surface area contributed by atoms with Gasteiger partial charge >= 0.3 is 0 Å². The summed E-state index contributed by atoms with van der Waals surface area (Å²) in [5.74, 6) is -0.657. The van der Waals surface area contributed by atoms with Crippen molar-refractivity contribution in [3.63, 3.8) is 0 Å². The molecule has 8 heteroatoms. The Hall–Kier alpha value is -2.71. The normalized spacial score (nSPS) is 16.6. The van der Waals surface area contributed by atoms with Gasteiger partial charge in [0.05, 0.1) is 15.4 Å². The van der Waals surface area contributed by atoms with Gasteiger partial charge in [-0.1, -0.05) is 18.2 Å². The number of hydrogen-bond acceptors (Lipinski definition) is 6.